The summed E-state index contributed by atoms with van der Waals surface area (Å²) < 4.78 is 0. The Morgan fingerprint density at radius 3 is 2.71 bits per heavy atom. The lowest BCUT2D eigenvalue weighted by Crippen LogP contribution is -2.53. The topological polar surface area (TPSA) is 41.1 Å². The summed E-state index contributed by atoms with van der Waals surface area (Å²) in [5, 5.41) is 6.32. The van der Waals surface area contributed by atoms with Gasteiger partial charge in [-0.05, 0) is 30.4 Å². The number of hydrogen-bond donors (Lipinski definition) is 2. The van der Waals surface area contributed by atoms with Crippen molar-refractivity contribution >= 4 is 5.91 Å². The minimum absolute atomic E-state index is 0.201. The van der Waals surface area contributed by atoms with Crippen molar-refractivity contribution in [1.82, 2.24) is 10.6 Å². The van der Waals surface area contributed by atoms with E-state index in [2.05, 4.69) is 34.9 Å². The van der Waals surface area contributed by atoms with Crippen LogP contribution in [0.4, 0.5) is 0 Å². The summed E-state index contributed by atoms with van der Waals surface area (Å²) in [6.07, 6.45) is 3.15. The number of hydrogen-bond acceptors (Lipinski definition) is 2. The van der Waals surface area contributed by atoms with Crippen LogP contribution in [0.2, 0.25) is 0 Å². The third-order valence-corrected chi connectivity index (χ3v) is 3.85. The van der Waals surface area contributed by atoms with Crippen molar-refractivity contribution in [2.75, 3.05) is 13.1 Å². The molecule has 1 atom stereocenters. The molecule has 2 N–H and O–H groups in total. The fourth-order valence-electron chi connectivity index (χ4n) is 2.61. The summed E-state index contributed by atoms with van der Waals surface area (Å²) in [7, 11) is 0. The highest BCUT2D eigenvalue weighted by Gasteiger charge is 2.27. The van der Waals surface area contributed by atoms with Gasteiger partial charge in [0.15, 0.2) is 0 Å². The van der Waals surface area contributed by atoms with Gasteiger partial charge >= 0.3 is 0 Å². The van der Waals surface area contributed by atoms with Crippen molar-refractivity contribution in [2.45, 2.75) is 25.3 Å². The summed E-state index contributed by atoms with van der Waals surface area (Å²) >= 11 is 0. The van der Waals surface area contributed by atoms with Gasteiger partial charge in [0.05, 0.1) is 5.92 Å². The first-order valence-corrected chi connectivity index (χ1v) is 6.41. The van der Waals surface area contributed by atoms with Crippen LogP contribution in [0, 0.1) is 5.92 Å². The van der Waals surface area contributed by atoms with E-state index in [9.17, 15) is 4.79 Å². The molecule has 0 saturated carbocycles. The van der Waals surface area contributed by atoms with E-state index in [-0.39, 0.29) is 11.8 Å². The highest BCUT2D eigenvalue weighted by Crippen LogP contribution is 2.21. The van der Waals surface area contributed by atoms with Crippen LogP contribution < -0.4 is 10.6 Å². The number of carbonyl (C=O) groups is 1. The summed E-state index contributed by atoms with van der Waals surface area (Å²) in [4.78, 5) is 11.9. The van der Waals surface area contributed by atoms with Gasteiger partial charge in [-0.15, -0.1) is 0 Å². The summed E-state index contributed by atoms with van der Waals surface area (Å²) in [5.41, 5.74) is 2.85. The Morgan fingerprint density at radius 2 is 2.00 bits per heavy atom. The molecule has 2 aliphatic rings. The zero-order valence-electron chi connectivity index (χ0n) is 9.91. The van der Waals surface area contributed by atoms with Crippen LogP contribution in [0.15, 0.2) is 24.3 Å². The van der Waals surface area contributed by atoms with Crippen molar-refractivity contribution in [2.24, 2.45) is 5.92 Å². The molecule has 0 radical (unpaired) electrons. The first-order chi connectivity index (χ1) is 8.33. The Balaban J connectivity index is 1.62. The summed E-state index contributed by atoms with van der Waals surface area (Å²) in [5.74, 6) is 0.431. The molecule has 1 aliphatic heterocycles. The Hall–Kier alpha value is -1.35. The average Bonchev–Trinajstić information content (AvgIpc) is 2.26. The lowest BCUT2D eigenvalue weighted by molar-refractivity contribution is -0.127. The fraction of sp³-hybridized carbons (Fsp3) is 0.500. The summed E-state index contributed by atoms with van der Waals surface area (Å²) in [6, 6.07) is 8.89. The molecule has 1 amide bonds. The van der Waals surface area contributed by atoms with Gasteiger partial charge in [-0.25, -0.2) is 0 Å². The highest BCUT2D eigenvalue weighted by atomic mass is 16.2. The molecule has 3 heteroatoms. The van der Waals surface area contributed by atoms with Crippen LogP contribution in [-0.2, 0) is 17.6 Å². The van der Waals surface area contributed by atoms with E-state index in [1.807, 2.05) is 0 Å². The van der Waals surface area contributed by atoms with Gasteiger partial charge in [-0.2, -0.15) is 0 Å². The molecular formula is C14H18N2O. The third-order valence-electron chi connectivity index (χ3n) is 3.85. The van der Waals surface area contributed by atoms with E-state index in [0.29, 0.717) is 6.04 Å². The zero-order valence-corrected chi connectivity index (χ0v) is 9.91. The van der Waals surface area contributed by atoms with Gasteiger partial charge in [0, 0.05) is 19.1 Å². The number of benzene rings is 1. The van der Waals surface area contributed by atoms with Gasteiger partial charge in [-0.3, -0.25) is 4.79 Å². The number of fused-ring (bicyclic) bond motifs is 1. The second-order valence-electron chi connectivity index (χ2n) is 5.07. The van der Waals surface area contributed by atoms with Gasteiger partial charge < -0.3 is 10.6 Å². The van der Waals surface area contributed by atoms with Crippen molar-refractivity contribution in [1.29, 1.82) is 0 Å². The Kier molecular flexibility index (Phi) is 2.85. The minimum Gasteiger partial charge on any atom is -0.353 e. The largest absolute Gasteiger partial charge is 0.353 e. The van der Waals surface area contributed by atoms with Crippen molar-refractivity contribution in [3.8, 4) is 0 Å². The predicted octanol–water partition coefficient (Wildman–Crippen LogP) is 0.879. The molecule has 1 aromatic rings. The van der Waals surface area contributed by atoms with Gasteiger partial charge in [0.2, 0.25) is 5.91 Å². The van der Waals surface area contributed by atoms with Gasteiger partial charge in [-0.1, -0.05) is 24.3 Å². The number of rotatable bonds is 2. The van der Waals surface area contributed by atoms with E-state index in [1.54, 1.807) is 0 Å². The molecule has 90 valence electrons. The van der Waals surface area contributed by atoms with Gasteiger partial charge in [0.1, 0.15) is 0 Å². The van der Waals surface area contributed by atoms with Crippen molar-refractivity contribution in [3.63, 3.8) is 0 Å². The van der Waals surface area contributed by atoms with Crippen molar-refractivity contribution < 1.29 is 4.79 Å². The number of carbonyl (C=O) groups excluding carboxylic acids is 1. The Morgan fingerprint density at radius 1 is 1.24 bits per heavy atom. The zero-order chi connectivity index (χ0) is 11.7. The molecule has 0 aromatic heterocycles. The first kappa shape index (κ1) is 10.8. The van der Waals surface area contributed by atoms with Crippen LogP contribution in [0.5, 0.6) is 0 Å². The fourth-order valence-corrected chi connectivity index (χ4v) is 2.61. The lowest BCUT2D eigenvalue weighted by Gasteiger charge is -2.30. The van der Waals surface area contributed by atoms with E-state index >= 15 is 0 Å². The normalized spacial score (nSPS) is 23.6. The quantitative estimate of drug-likeness (QED) is 0.792. The second kappa shape index (κ2) is 4.49. The molecule has 0 spiro atoms. The predicted molar refractivity (Wildman–Crippen MR) is 66.8 cm³/mol. The average molecular weight is 230 g/mol. The molecule has 3 rings (SSSR count). The van der Waals surface area contributed by atoms with Crippen molar-refractivity contribution in [3.05, 3.63) is 35.4 Å². The Labute approximate surface area is 102 Å². The minimum atomic E-state index is 0.201. The van der Waals surface area contributed by atoms with Gasteiger partial charge in [0.25, 0.3) is 0 Å². The third kappa shape index (κ3) is 2.20. The molecule has 17 heavy (non-hydrogen) atoms. The second-order valence-corrected chi connectivity index (χ2v) is 5.07. The smallest absolute Gasteiger partial charge is 0.225 e. The highest BCUT2D eigenvalue weighted by molar-refractivity contribution is 5.80. The number of aryl methyl sites for hydroxylation is 1. The molecule has 1 heterocycles. The van der Waals surface area contributed by atoms with E-state index < -0.39 is 0 Å². The van der Waals surface area contributed by atoms with Crippen LogP contribution in [-0.4, -0.2) is 25.0 Å². The maximum Gasteiger partial charge on any atom is 0.225 e. The molecule has 1 saturated heterocycles. The first-order valence-electron chi connectivity index (χ1n) is 6.41. The molecule has 0 bridgehead atoms. The molecular weight excluding hydrogens is 212 g/mol. The molecule has 3 nitrogen and oxygen atoms in total. The molecule has 1 fully saturated rings. The molecule has 1 aromatic carbocycles. The number of amides is 1. The SMILES string of the molecule is O=C(NC1CCc2ccccc2C1)C1CNC1. The maximum absolute atomic E-state index is 11.9. The van der Waals surface area contributed by atoms with E-state index in [4.69, 9.17) is 0 Å². The van der Waals surface area contributed by atoms with Crippen LogP contribution in [0.25, 0.3) is 0 Å². The van der Waals surface area contributed by atoms with Crippen LogP contribution >= 0.6 is 0 Å². The monoisotopic (exact) mass is 230 g/mol. The molecule has 1 aliphatic carbocycles. The standard InChI is InChI=1S/C14H18N2O/c17-14(12-8-15-9-12)16-13-6-5-10-3-1-2-4-11(10)7-13/h1-4,12-13,15H,5-9H2,(H,16,17). The van der Waals surface area contributed by atoms with E-state index in [0.717, 1.165) is 32.4 Å². The van der Waals surface area contributed by atoms with E-state index in [1.165, 1.54) is 11.1 Å². The van der Waals surface area contributed by atoms with Crippen LogP contribution in [0.1, 0.15) is 17.5 Å². The maximum atomic E-state index is 11.9. The lowest BCUT2D eigenvalue weighted by atomic mass is 9.88. The molecule has 1 unspecified atom stereocenters. The number of nitrogens with one attached hydrogen (secondary N) is 2. The van der Waals surface area contributed by atoms with Crippen LogP contribution in [0.3, 0.4) is 0 Å². The summed E-state index contributed by atoms with van der Waals surface area (Å²) in [6.45, 7) is 1.68. The Bertz CT molecular complexity index is 426.